The molecule has 8 nitrogen and oxygen atoms in total. The van der Waals surface area contributed by atoms with Gasteiger partial charge in [0, 0.05) is 16.9 Å². The Morgan fingerprint density at radius 1 is 1.18 bits per heavy atom. The maximum absolute atomic E-state index is 13.4. The minimum Gasteiger partial charge on any atom is -0.475 e. The third kappa shape index (κ3) is 4.34. The lowest BCUT2D eigenvalue weighted by Crippen LogP contribution is -2.27. The SMILES string of the molecule is CCOC(=O)[C@@H](C)Oc1cccn2c(=O)c(-c3cc(C)n(-c4cccc(Cl)c4)n3)c(C)nc12. The molecule has 0 aliphatic heterocycles. The summed E-state index contributed by atoms with van der Waals surface area (Å²) >= 11 is 6.13. The summed E-state index contributed by atoms with van der Waals surface area (Å²) in [6.07, 6.45) is 0.764. The average molecular weight is 467 g/mol. The lowest BCUT2D eigenvalue weighted by atomic mass is 10.1. The Bertz CT molecular complexity index is 1410. The van der Waals surface area contributed by atoms with Crippen LogP contribution in [0.2, 0.25) is 5.02 Å². The van der Waals surface area contributed by atoms with E-state index in [1.165, 1.54) is 4.40 Å². The summed E-state index contributed by atoms with van der Waals surface area (Å²) in [5.41, 5.74) is 3.04. The first-order valence-electron chi connectivity index (χ1n) is 10.5. The van der Waals surface area contributed by atoms with Crippen molar-refractivity contribution in [3.05, 3.63) is 75.4 Å². The molecule has 9 heteroatoms. The van der Waals surface area contributed by atoms with Gasteiger partial charge in [0.25, 0.3) is 5.56 Å². The molecular formula is C24H23ClN4O4. The van der Waals surface area contributed by atoms with E-state index in [0.717, 1.165) is 11.4 Å². The maximum atomic E-state index is 13.4. The Balaban J connectivity index is 1.79. The van der Waals surface area contributed by atoms with E-state index >= 15 is 0 Å². The van der Waals surface area contributed by atoms with Gasteiger partial charge >= 0.3 is 5.97 Å². The molecular weight excluding hydrogens is 444 g/mol. The molecule has 0 saturated heterocycles. The van der Waals surface area contributed by atoms with Gasteiger partial charge in [0.1, 0.15) is 5.69 Å². The molecule has 0 fully saturated rings. The average Bonchev–Trinajstić information content (AvgIpc) is 3.15. The minimum absolute atomic E-state index is 0.253. The first-order chi connectivity index (χ1) is 15.8. The number of halogens is 1. The van der Waals surface area contributed by atoms with Gasteiger partial charge in [-0.1, -0.05) is 17.7 Å². The van der Waals surface area contributed by atoms with Crippen LogP contribution < -0.4 is 10.3 Å². The van der Waals surface area contributed by atoms with Crippen LogP contribution in [0, 0.1) is 13.8 Å². The molecule has 3 heterocycles. The topological polar surface area (TPSA) is 87.7 Å². The normalized spacial score (nSPS) is 12.0. The number of hydrogen-bond donors (Lipinski definition) is 0. The number of nitrogens with zero attached hydrogens (tertiary/aromatic N) is 4. The molecule has 0 N–H and O–H groups in total. The van der Waals surface area contributed by atoms with Crippen molar-refractivity contribution in [2.45, 2.75) is 33.8 Å². The number of pyridine rings is 1. The first kappa shape index (κ1) is 22.5. The molecule has 0 unspecified atom stereocenters. The fourth-order valence-electron chi connectivity index (χ4n) is 3.59. The molecule has 4 aromatic rings. The van der Waals surface area contributed by atoms with Crippen molar-refractivity contribution in [2.24, 2.45) is 0 Å². The van der Waals surface area contributed by atoms with E-state index in [0.29, 0.717) is 33.4 Å². The van der Waals surface area contributed by atoms with Gasteiger partial charge in [-0.25, -0.2) is 14.5 Å². The number of aryl methyl sites for hydroxylation is 2. The molecule has 33 heavy (non-hydrogen) atoms. The van der Waals surface area contributed by atoms with Gasteiger partial charge < -0.3 is 9.47 Å². The van der Waals surface area contributed by atoms with Crippen LogP contribution in [0.25, 0.3) is 22.6 Å². The highest BCUT2D eigenvalue weighted by atomic mass is 35.5. The third-order valence-corrected chi connectivity index (χ3v) is 5.35. The molecule has 0 spiro atoms. The molecule has 1 atom stereocenters. The summed E-state index contributed by atoms with van der Waals surface area (Å²) in [6.45, 7) is 7.22. The van der Waals surface area contributed by atoms with Crippen LogP contribution >= 0.6 is 11.6 Å². The van der Waals surface area contributed by atoms with Crippen LogP contribution in [0.1, 0.15) is 25.2 Å². The Hall–Kier alpha value is -3.65. The van der Waals surface area contributed by atoms with Crippen molar-refractivity contribution in [3.8, 4) is 22.7 Å². The Labute approximate surface area is 195 Å². The van der Waals surface area contributed by atoms with E-state index in [1.54, 1.807) is 55.9 Å². The van der Waals surface area contributed by atoms with Crippen molar-refractivity contribution in [2.75, 3.05) is 6.61 Å². The van der Waals surface area contributed by atoms with Crippen molar-refractivity contribution in [3.63, 3.8) is 0 Å². The number of aromatic nitrogens is 4. The van der Waals surface area contributed by atoms with E-state index in [9.17, 15) is 9.59 Å². The van der Waals surface area contributed by atoms with E-state index < -0.39 is 12.1 Å². The van der Waals surface area contributed by atoms with Crippen LogP contribution in [-0.2, 0) is 9.53 Å². The number of fused-ring (bicyclic) bond motifs is 1. The van der Waals surface area contributed by atoms with Gasteiger partial charge in [0.2, 0.25) is 0 Å². The largest absolute Gasteiger partial charge is 0.475 e. The van der Waals surface area contributed by atoms with Crippen LogP contribution in [0.4, 0.5) is 0 Å². The summed E-state index contributed by atoms with van der Waals surface area (Å²) < 4.78 is 13.9. The zero-order valence-electron chi connectivity index (χ0n) is 18.7. The molecule has 1 aromatic carbocycles. The lowest BCUT2D eigenvalue weighted by Gasteiger charge is -2.15. The second-order valence-corrected chi connectivity index (χ2v) is 7.95. The van der Waals surface area contributed by atoms with Gasteiger partial charge in [-0.3, -0.25) is 9.20 Å². The van der Waals surface area contributed by atoms with Crippen molar-refractivity contribution >= 4 is 23.2 Å². The van der Waals surface area contributed by atoms with Crippen molar-refractivity contribution in [1.29, 1.82) is 0 Å². The minimum atomic E-state index is -0.843. The van der Waals surface area contributed by atoms with Gasteiger partial charge in [-0.05, 0) is 64.1 Å². The summed E-state index contributed by atoms with van der Waals surface area (Å²) in [4.78, 5) is 30.0. The second-order valence-electron chi connectivity index (χ2n) is 7.52. The van der Waals surface area contributed by atoms with E-state index in [2.05, 4.69) is 10.1 Å². The number of carbonyl (C=O) groups is 1. The standard InChI is InChI=1S/C24H23ClN4O4/c1-5-32-24(31)16(4)33-20-10-7-11-28-22(20)26-15(3)21(23(28)30)19-12-14(2)29(27-19)18-9-6-8-17(25)13-18/h6-13,16H,5H2,1-4H3/t16-/m1/s1. The Kier molecular flexibility index (Phi) is 6.20. The summed E-state index contributed by atoms with van der Waals surface area (Å²) in [5.74, 6) is -0.178. The Morgan fingerprint density at radius 2 is 1.97 bits per heavy atom. The highest BCUT2D eigenvalue weighted by Gasteiger charge is 2.21. The predicted octanol–water partition coefficient (Wildman–Crippen LogP) is 4.15. The van der Waals surface area contributed by atoms with Crippen molar-refractivity contribution in [1.82, 2.24) is 19.2 Å². The molecule has 170 valence electrons. The highest BCUT2D eigenvalue weighted by molar-refractivity contribution is 6.30. The van der Waals surface area contributed by atoms with E-state index in [-0.39, 0.29) is 12.2 Å². The maximum Gasteiger partial charge on any atom is 0.347 e. The Morgan fingerprint density at radius 3 is 2.70 bits per heavy atom. The molecule has 0 aliphatic carbocycles. The molecule has 0 radical (unpaired) electrons. The summed E-state index contributed by atoms with van der Waals surface area (Å²) in [7, 11) is 0. The fourth-order valence-corrected chi connectivity index (χ4v) is 3.78. The number of rotatable bonds is 6. The van der Waals surface area contributed by atoms with Crippen LogP contribution in [-0.4, -0.2) is 37.8 Å². The van der Waals surface area contributed by atoms with Gasteiger partial charge in [-0.2, -0.15) is 5.10 Å². The highest BCUT2D eigenvalue weighted by Crippen LogP contribution is 2.25. The third-order valence-electron chi connectivity index (χ3n) is 5.12. The van der Waals surface area contributed by atoms with Gasteiger partial charge in [-0.15, -0.1) is 0 Å². The lowest BCUT2D eigenvalue weighted by molar-refractivity contribution is -0.150. The quantitative estimate of drug-likeness (QED) is 0.397. The monoisotopic (exact) mass is 466 g/mol. The molecule has 0 amide bonds. The molecule has 4 rings (SSSR count). The number of ether oxygens (including phenoxy) is 2. The zero-order chi connectivity index (χ0) is 23.7. The smallest absolute Gasteiger partial charge is 0.347 e. The van der Waals surface area contributed by atoms with E-state index in [1.807, 2.05) is 25.1 Å². The predicted molar refractivity (Wildman–Crippen MR) is 125 cm³/mol. The zero-order valence-corrected chi connectivity index (χ0v) is 19.5. The number of hydrogen-bond acceptors (Lipinski definition) is 6. The molecule has 0 aliphatic rings. The fraction of sp³-hybridized carbons (Fsp3) is 0.250. The van der Waals surface area contributed by atoms with Crippen LogP contribution in [0.3, 0.4) is 0 Å². The summed E-state index contributed by atoms with van der Waals surface area (Å²) in [5, 5.41) is 5.24. The van der Waals surface area contributed by atoms with Crippen LogP contribution in [0.5, 0.6) is 5.75 Å². The van der Waals surface area contributed by atoms with Gasteiger partial charge in [0.15, 0.2) is 17.5 Å². The van der Waals surface area contributed by atoms with Gasteiger partial charge in [0.05, 0.1) is 23.6 Å². The van der Waals surface area contributed by atoms with Crippen molar-refractivity contribution < 1.29 is 14.3 Å². The van der Waals surface area contributed by atoms with E-state index in [4.69, 9.17) is 21.1 Å². The molecule has 0 bridgehead atoms. The molecule has 0 saturated carbocycles. The second kappa shape index (κ2) is 9.07. The van der Waals surface area contributed by atoms with Crippen LogP contribution in [0.15, 0.2) is 53.5 Å². The number of esters is 1. The molecule has 3 aromatic heterocycles. The number of carbonyl (C=O) groups excluding carboxylic acids is 1. The summed E-state index contributed by atoms with van der Waals surface area (Å²) in [6, 6.07) is 12.5. The first-order valence-corrected chi connectivity index (χ1v) is 10.9. The number of benzene rings is 1.